The molecule has 1 aromatic heterocycles. The number of amides is 1. The summed E-state index contributed by atoms with van der Waals surface area (Å²) in [6.45, 7) is 8.81. The van der Waals surface area contributed by atoms with E-state index in [4.69, 9.17) is 5.26 Å². The van der Waals surface area contributed by atoms with E-state index in [0.29, 0.717) is 17.2 Å². The zero-order valence-electron chi connectivity index (χ0n) is 12.0. The van der Waals surface area contributed by atoms with Gasteiger partial charge in [0.1, 0.15) is 11.8 Å². The zero-order chi connectivity index (χ0) is 14.5. The molecule has 1 fully saturated rings. The van der Waals surface area contributed by atoms with Crippen LogP contribution in [-0.4, -0.2) is 53.4 Å². The van der Waals surface area contributed by atoms with E-state index in [1.54, 1.807) is 12.1 Å². The van der Waals surface area contributed by atoms with Gasteiger partial charge in [-0.3, -0.25) is 9.69 Å². The molecule has 0 spiro atoms. The number of pyridine rings is 1. The van der Waals surface area contributed by atoms with Crippen LogP contribution in [0.15, 0.2) is 18.3 Å². The van der Waals surface area contributed by atoms with Crippen LogP contribution in [0.25, 0.3) is 0 Å². The maximum absolute atomic E-state index is 12.3. The highest BCUT2D eigenvalue weighted by Gasteiger charge is 2.22. The molecule has 1 saturated heterocycles. The smallest absolute Gasteiger partial charge is 0.272 e. The summed E-state index contributed by atoms with van der Waals surface area (Å²) in [5.41, 5.74) is 0.893. The van der Waals surface area contributed by atoms with E-state index in [-0.39, 0.29) is 5.91 Å². The van der Waals surface area contributed by atoms with Crippen LogP contribution < -0.4 is 0 Å². The predicted molar refractivity (Wildman–Crippen MR) is 76.1 cm³/mol. The number of aromatic nitrogens is 1. The Morgan fingerprint density at radius 3 is 2.55 bits per heavy atom. The summed E-state index contributed by atoms with van der Waals surface area (Å²) in [4.78, 5) is 20.6. The molecule has 0 N–H and O–H groups in total. The van der Waals surface area contributed by atoms with Crippen molar-refractivity contribution in [3.05, 3.63) is 29.6 Å². The van der Waals surface area contributed by atoms with E-state index in [9.17, 15) is 4.79 Å². The molecular weight excluding hydrogens is 252 g/mol. The molecule has 106 valence electrons. The first-order chi connectivity index (χ1) is 9.60. The van der Waals surface area contributed by atoms with Gasteiger partial charge in [0, 0.05) is 38.9 Å². The van der Waals surface area contributed by atoms with Crippen molar-refractivity contribution in [1.82, 2.24) is 14.8 Å². The second kappa shape index (κ2) is 6.49. The number of hydrogen-bond donors (Lipinski definition) is 0. The Kier molecular flexibility index (Phi) is 4.70. The summed E-state index contributed by atoms with van der Waals surface area (Å²) < 4.78 is 0. The number of rotatable bonds is 3. The van der Waals surface area contributed by atoms with Gasteiger partial charge in [0.25, 0.3) is 5.91 Å². The van der Waals surface area contributed by atoms with E-state index in [2.05, 4.69) is 23.7 Å². The molecule has 0 aliphatic carbocycles. The molecule has 20 heavy (non-hydrogen) atoms. The Morgan fingerprint density at radius 2 is 2.05 bits per heavy atom. The van der Waals surface area contributed by atoms with Crippen molar-refractivity contribution in [2.75, 3.05) is 32.7 Å². The van der Waals surface area contributed by atoms with Crippen LogP contribution in [0.3, 0.4) is 0 Å². The molecule has 1 aromatic rings. The molecule has 1 aliphatic rings. The minimum atomic E-state index is -0.0429. The van der Waals surface area contributed by atoms with E-state index >= 15 is 0 Å². The molecule has 1 aliphatic heterocycles. The molecule has 0 radical (unpaired) electrons. The first-order valence-electron chi connectivity index (χ1n) is 6.98. The lowest BCUT2D eigenvalue weighted by Crippen LogP contribution is -2.49. The lowest BCUT2D eigenvalue weighted by molar-refractivity contribution is 0.0618. The van der Waals surface area contributed by atoms with Crippen LogP contribution in [0, 0.1) is 17.2 Å². The number of carbonyl (C=O) groups excluding carboxylic acids is 1. The Hall–Kier alpha value is -1.93. The molecule has 0 aromatic carbocycles. The van der Waals surface area contributed by atoms with Gasteiger partial charge in [-0.25, -0.2) is 4.98 Å². The minimum absolute atomic E-state index is 0.0429. The maximum atomic E-state index is 12.3. The number of nitrogens with zero attached hydrogens (tertiary/aromatic N) is 4. The highest BCUT2D eigenvalue weighted by Crippen LogP contribution is 2.09. The fourth-order valence-corrected chi connectivity index (χ4v) is 2.40. The molecule has 5 heteroatoms. The van der Waals surface area contributed by atoms with Crippen LogP contribution in [0.2, 0.25) is 0 Å². The molecule has 5 nitrogen and oxygen atoms in total. The molecular formula is C15H20N4O. The third-order valence-corrected chi connectivity index (χ3v) is 3.39. The summed E-state index contributed by atoms with van der Waals surface area (Å²) in [6, 6.07) is 5.26. The fraction of sp³-hybridized carbons (Fsp3) is 0.533. The van der Waals surface area contributed by atoms with Gasteiger partial charge in [0.15, 0.2) is 0 Å². The molecule has 0 saturated carbocycles. The average Bonchev–Trinajstić information content (AvgIpc) is 2.47. The first-order valence-corrected chi connectivity index (χ1v) is 6.98. The van der Waals surface area contributed by atoms with Crippen molar-refractivity contribution in [2.45, 2.75) is 13.8 Å². The van der Waals surface area contributed by atoms with Crippen molar-refractivity contribution < 1.29 is 4.79 Å². The van der Waals surface area contributed by atoms with Crippen molar-refractivity contribution in [3.63, 3.8) is 0 Å². The molecule has 2 rings (SSSR count). The minimum Gasteiger partial charge on any atom is -0.335 e. The summed E-state index contributed by atoms with van der Waals surface area (Å²) in [7, 11) is 0. The van der Waals surface area contributed by atoms with E-state index in [1.165, 1.54) is 6.20 Å². The van der Waals surface area contributed by atoms with Gasteiger partial charge in [-0.05, 0) is 18.1 Å². The van der Waals surface area contributed by atoms with Crippen LogP contribution in [0.5, 0.6) is 0 Å². The first kappa shape index (κ1) is 14.5. The Morgan fingerprint density at radius 1 is 1.35 bits per heavy atom. The van der Waals surface area contributed by atoms with Crippen LogP contribution in [-0.2, 0) is 0 Å². The highest BCUT2D eigenvalue weighted by molar-refractivity contribution is 5.92. The summed E-state index contributed by atoms with van der Waals surface area (Å²) in [6.07, 6.45) is 1.45. The second-order valence-electron chi connectivity index (χ2n) is 5.53. The van der Waals surface area contributed by atoms with E-state index < -0.39 is 0 Å². The van der Waals surface area contributed by atoms with Gasteiger partial charge in [-0.1, -0.05) is 13.8 Å². The standard InChI is InChI=1S/C15H20N4O/c1-12(2)11-18-5-7-19(8-6-18)15(20)14-4-3-13(9-16)10-17-14/h3-4,10,12H,5-8,11H2,1-2H3. The number of piperazine rings is 1. The summed E-state index contributed by atoms with van der Waals surface area (Å²) in [5.74, 6) is 0.608. The monoisotopic (exact) mass is 272 g/mol. The Balaban J connectivity index is 1.92. The van der Waals surface area contributed by atoms with Crippen molar-refractivity contribution >= 4 is 5.91 Å². The molecule has 0 atom stereocenters. The van der Waals surface area contributed by atoms with Crippen LogP contribution >= 0.6 is 0 Å². The van der Waals surface area contributed by atoms with Gasteiger partial charge in [0.05, 0.1) is 5.56 Å². The largest absolute Gasteiger partial charge is 0.335 e. The molecule has 2 heterocycles. The molecule has 0 bridgehead atoms. The maximum Gasteiger partial charge on any atom is 0.272 e. The van der Waals surface area contributed by atoms with Crippen molar-refractivity contribution in [1.29, 1.82) is 5.26 Å². The quantitative estimate of drug-likeness (QED) is 0.833. The SMILES string of the molecule is CC(C)CN1CCN(C(=O)c2ccc(C#N)cn2)CC1. The molecule has 1 amide bonds. The van der Waals surface area contributed by atoms with Gasteiger partial charge in [-0.15, -0.1) is 0 Å². The normalized spacial score (nSPS) is 16.2. The fourth-order valence-electron chi connectivity index (χ4n) is 2.40. The van der Waals surface area contributed by atoms with Crippen LogP contribution in [0.1, 0.15) is 29.9 Å². The van der Waals surface area contributed by atoms with Gasteiger partial charge < -0.3 is 4.90 Å². The summed E-state index contributed by atoms with van der Waals surface area (Å²) >= 11 is 0. The van der Waals surface area contributed by atoms with Crippen molar-refractivity contribution in [3.8, 4) is 6.07 Å². The second-order valence-corrected chi connectivity index (χ2v) is 5.53. The number of nitriles is 1. The lowest BCUT2D eigenvalue weighted by atomic mass is 10.2. The number of hydrogen-bond acceptors (Lipinski definition) is 4. The topological polar surface area (TPSA) is 60.2 Å². The number of carbonyl (C=O) groups is 1. The zero-order valence-corrected chi connectivity index (χ0v) is 12.0. The van der Waals surface area contributed by atoms with Gasteiger partial charge in [0.2, 0.25) is 0 Å². The van der Waals surface area contributed by atoms with Gasteiger partial charge >= 0.3 is 0 Å². The van der Waals surface area contributed by atoms with Crippen LogP contribution in [0.4, 0.5) is 0 Å². The Bertz CT molecular complexity index is 496. The predicted octanol–water partition coefficient (Wildman–Crippen LogP) is 1.37. The van der Waals surface area contributed by atoms with E-state index in [1.807, 2.05) is 11.0 Å². The highest BCUT2D eigenvalue weighted by atomic mass is 16.2. The summed E-state index contributed by atoms with van der Waals surface area (Å²) in [5, 5.41) is 8.73. The average molecular weight is 272 g/mol. The third-order valence-electron chi connectivity index (χ3n) is 3.39. The van der Waals surface area contributed by atoms with Gasteiger partial charge in [-0.2, -0.15) is 5.26 Å². The van der Waals surface area contributed by atoms with E-state index in [0.717, 1.165) is 32.7 Å². The lowest BCUT2D eigenvalue weighted by Gasteiger charge is -2.35. The van der Waals surface area contributed by atoms with Crippen molar-refractivity contribution in [2.24, 2.45) is 5.92 Å². The third kappa shape index (κ3) is 3.55. The molecule has 0 unspecified atom stereocenters. The Labute approximate surface area is 119 Å².